The second kappa shape index (κ2) is 22.6. The van der Waals surface area contributed by atoms with E-state index >= 15 is 0 Å². The van der Waals surface area contributed by atoms with Gasteiger partial charge in [-0.15, -0.1) is 0 Å². The molecule has 5 N–H and O–H groups in total. The molecule has 6 nitrogen and oxygen atoms in total. The van der Waals surface area contributed by atoms with Gasteiger partial charge in [0.05, 0.1) is 23.9 Å². The highest BCUT2D eigenvalue weighted by molar-refractivity contribution is 5.78. The Balaban J connectivity index is 0.928. The molecule has 0 aromatic heterocycles. The molecule has 0 unspecified atom stereocenters. The zero-order valence-corrected chi connectivity index (χ0v) is 54.0. The summed E-state index contributed by atoms with van der Waals surface area (Å²) in [5.41, 5.74) is 13.1. The number of benzene rings is 3. The molecule has 10 aliphatic carbocycles. The lowest BCUT2D eigenvalue weighted by molar-refractivity contribution is -0.167. The molecular formula is C82H104N2O4. The molecule has 0 radical (unpaired) electrons. The maximum Gasteiger partial charge on any atom is 0.306 e. The maximum atomic E-state index is 14.7. The second-order valence-electron chi connectivity index (χ2n) is 32.5. The summed E-state index contributed by atoms with van der Waals surface area (Å²) in [5.74, 6) is 2.10. The molecule has 466 valence electrons. The number of aliphatic carboxylic acids is 1. The highest BCUT2D eigenvalue weighted by Crippen LogP contribution is 2.84. The Morgan fingerprint density at radius 2 is 1.61 bits per heavy atom. The topological polar surface area (TPSA) is 102 Å². The molecule has 6 heterocycles. The lowest BCUT2D eigenvalue weighted by atomic mass is 9.29. The van der Waals surface area contributed by atoms with E-state index in [1.54, 1.807) is 16.7 Å². The largest absolute Gasteiger partial charge is 0.481 e. The monoisotopic (exact) mass is 1180 g/mol. The number of hydrogen-bond donors (Lipinski definition) is 5. The maximum absolute atomic E-state index is 14.7. The Labute approximate surface area is 527 Å². The molecule has 0 saturated heterocycles. The molecule has 5 saturated carbocycles. The summed E-state index contributed by atoms with van der Waals surface area (Å²) in [6.45, 7) is 16.5. The molecule has 6 aliphatic heterocycles. The molecule has 6 heteroatoms. The van der Waals surface area contributed by atoms with Crippen LogP contribution in [0.15, 0.2) is 143 Å². The van der Waals surface area contributed by atoms with Gasteiger partial charge in [0.2, 0.25) is 0 Å². The fourth-order valence-electron chi connectivity index (χ4n) is 24.4. The number of hydrogen-bond acceptors (Lipinski definition) is 5. The summed E-state index contributed by atoms with van der Waals surface area (Å²) in [7, 11) is 0. The number of carbonyl (C=O) groups is 1. The number of nitrogens with one attached hydrogen (secondary N) is 2. The summed E-state index contributed by atoms with van der Waals surface area (Å²) < 4.78 is 0. The molecule has 3 spiro atoms. The Kier molecular flexibility index (Phi) is 15.2. The Hall–Kier alpha value is -5.17. The van der Waals surface area contributed by atoms with Crippen LogP contribution in [-0.4, -0.2) is 46.6 Å². The van der Waals surface area contributed by atoms with E-state index < -0.39 is 29.5 Å². The standard InChI is InChI=1S/C82H104N2O4/c1-52(2)42-61-32-36-77(4)72(86)35-40-81-68-34-37-78(5)74-65(75(87)88)29-25-53(3)63(57-19-10-7-11-20-57)24-15-41-83-73-30-28-60(51-84-73)58-22-14-18-56(43-58)44-66-64-23-13-12-21-59(64)45-69(81)67(66)48-80(61,76(77)81)49-70(68)82(78,50-71(74)85)62-33-39-79(47-62)38-31-55(46-79)27-26-54-16-8-6-9-17-54/h6,8-9,12-14,16-18,21-23,28,30,32,43,45,48,52,55,57,62-63,65,69,71-72,74,76,83-86H,3,7,10-11,15,19-20,24-27,29,31,33-42,44,46-47,49-51H2,1-2,4-5H3,(H,87,88)/t55-,62+,63+,65+,69-,71+,72-,74-,76+,77+,78+,79-,80+,81+,82+/m0/s1. The van der Waals surface area contributed by atoms with E-state index in [1.807, 2.05) is 0 Å². The first-order valence-electron chi connectivity index (χ1n) is 35.8. The zero-order valence-electron chi connectivity index (χ0n) is 54.0. The molecular weight excluding hydrogens is 1080 g/mol. The van der Waals surface area contributed by atoms with E-state index in [1.165, 1.54) is 120 Å². The van der Waals surface area contributed by atoms with E-state index in [0.717, 1.165) is 96.0 Å². The minimum absolute atomic E-state index is 0.114. The number of carboxylic acid groups (broad SMARTS) is 1. The molecule has 3 aromatic carbocycles. The number of carboxylic acids is 1. The van der Waals surface area contributed by atoms with Crippen molar-refractivity contribution in [3.63, 3.8) is 0 Å². The number of fused-ring (bicyclic) bond motifs is 1. The van der Waals surface area contributed by atoms with Crippen LogP contribution in [0.25, 0.3) is 17.2 Å². The van der Waals surface area contributed by atoms with Gasteiger partial charge in [0.15, 0.2) is 0 Å². The smallest absolute Gasteiger partial charge is 0.306 e. The SMILES string of the molecule is C=C1CC[C@@H](C(=O)O)[C@H]2[C@H](O)C[C@@]3([C@@H]4CC[C@]5(CC[C@H](CCc6ccccc6)C5)C4)C4=C(CC[C@]23C)[C@]23CC[C@H](O)[C@@]5(C)CC=C(CC(C)C)[C@@](C=C6C(=c7ccccc7=C[C@@H]62)Cc2cccc(c2)C2=CC=C(NCCC[C@H]1C1CCCCC1)NC2)(C4)[C@@H]53. The van der Waals surface area contributed by atoms with Crippen LogP contribution in [-0.2, 0) is 17.6 Å². The molecule has 19 rings (SSSR count). The van der Waals surface area contributed by atoms with Crippen LogP contribution in [0.1, 0.15) is 198 Å². The van der Waals surface area contributed by atoms with Crippen LogP contribution in [0.2, 0.25) is 0 Å². The summed E-state index contributed by atoms with van der Waals surface area (Å²) >= 11 is 0. The molecule has 16 aliphatic rings. The molecule has 14 bridgehead atoms. The van der Waals surface area contributed by atoms with E-state index in [4.69, 9.17) is 6.58 Å². The molecule has 3 aromatic rings. The van der Waals surface area contributed by atoms with Crippen molar-refractivity contribution >= 4 is 23.2 Å². The van der Waals surface area contributed by atoms with Crippen molar-refractivity contribution < 1.29 is 20.1 Å². The predicted molar refractivity (Wildman–Crippen MR) is 357 cm³/mol. The number of aliphatic hydroxyl groups excluding tert-OH is 2. The molecule has 88 heavy (non-hydrogen) atoms. The number of dihydropyridines is 1. The lowest BCUT2D eigenvalue weighted by Crippen LogP contribution is -2.69. The van der Waals surface area contributed by atoms with Gasteiger partial charge in [-0.05, 0) is 244 Å². The minimum atomic E-state index is -0.723. The Morgan fingerprint density at radius 3 is 2.42 bits per heavy atom. The van der Waals surface area contributed by atoms with Crippen molar-refractivity contribution in [2.24, 2.45) is 85.8 Å². The lowest BCUT2D eigenvalue weighted by Gasteiger charge is -2.74. The van der Waals surface area contributed by atoms with Crippen LogP contribution in [0.5, 0.6) is 0 Å². The summed E-state index contributed by atoms with van der Waals surface area (Å²) in [5, 5.41) is 49.0. The van der Waals surface area contributed by atoms with Gasteiger partial charge in [-0.25, -0.2) is 0 Å². The Bertz CT molecular complexity index is 3540. The fraction of sp³-hybridized carbons (Fsp3) is 0.598. The number of aliphatic hydroxyl groups is 2. The highest BCUT2D eigenvalue weighted by atomic mass is 16.4. The van der Waals surface area contributed by atoms with Gasteiger partial charge in [-0.2, -0.15) is 0 Å². The van der Waals surface area contributed by atoms with Crippen molar-refractivity contribution in [3.05, 3.63) is 171 Å². The van der Waals surface area contributed by atoms with Crippen LogP contribution < -0.4 is 21.1 Å². The number of allylic oxidation sites excluding steroid dienone is 9. The summed E-state index contributed by atoms with van der Waals surface area (Å²) in [4.78, 5) is 14.7. The van der Waals surface area contributed by atoms with E-state index in [9.17, 15) is 20.1 Å². The third-order valence-corrected chi connectivity index (χ3v) is 27.9. The number of rotatable bonds is 8. The molecule has 15 atom stereocenters. The van der Waals surface area contributed by atoms with Gasteiger partial charge in [0, 0.05) is 46.6 Å². The summed E-state index contributed by atoms with van der Waals surface area (Å²) in [6.07, 6.45) is 39.1. The third-order valence-electron chi connectivity index (χ3n) is 27.9. The average Bonchev–Trinajstić information content (AvgIpc) is 1.13. The fourth-order valence-corrected chi connectivity index (χ4v) is 24.4. The Morgan fingerprint density at radius 1 is 0.795 bits per heavy atom. The van der Waals surface area contributed by atoms with Gasteiger partial charge >= 0.3 is 5.97 Å². The van der Waals surface area contributed by atoms with E-state index in [-0.39, 0.29) is 44.8 Å². The first-order chi connectivity index (χ1) is 42.6. The second-order valence-corrected chi connectivity index (χ2v) is 32.5. The summed E-state index contributed by atoms with van der Waals surface area (Å²) in [6, 6.07) is 30.0. The average molecular weight is 1180 g/mol. The van der Waals surface area contributed by atoms with Crippen molar-refractivity contribution in [2.75, 3.05) is 13.1 Å². The van der Waals surface area contributed by atoms with Gasteiger partial charge in [0.25, 0.3) is 0 Å². The minimum Gasteiger partial charge on any atom is -0.481 e. The van der Waals surface area contributed by atoms with E-state index in [0.29, 0.717) is 48.9 Å². The normalized spacial score (nSPS) is 39.5. The van der Waals surface area contributed by atoms with Gasteiger partial charge in [-0.3, -0.25) is 4.79 Å². The first-order valence-corrected chi connectivity index (χ1v) is 35.8. The van der Waals surface area contributed by atoms with Crippen LogP contribution in [0, 0.1) is 85.8 Å². The quantitative estimate of drug-likeness (QED) is 0.144. The van der Waals surface area contributed by atoms with Gasteiger partial charge in [0.1, 0.15) is 0 Å². The molecule has 5 fully saturated rings. The number of aryl methyl sites for hydroxylation is 1. The zero-order chi connectivity index (χ0) is 60.4. The van der Waals surface area contributed by atoms with Crippen molar-refractivity contribution in [1.29, 1.82) is 0 Å². The van der Waals surface area contributed by atoms with Gasteiger partial charge in [-0.1, -0.05) is 179 Å². The van der Waals surface area contributed by atoms with Crippen LogP contribution in [0.4, 0.5) is 0 Å². The third kappa shape index (κ3) is 9.34. The van der Waals surface area contributed by atoms with Crippen LogP contribution >= 0.6 is 0 Å². The predicted octanol–water partition coefficient (Wildman–Crippen LogP) is 16.1. The van der Waals surface area contributed by atoms with E-state index in [2.05, 4.69) is 148 Å². The first kappa shape index (κ1) is 59.2. The molecule has 0 amide bonds. The van der Waals surface area contributed by atoms with Crippen molar-refractivity contribution in [1.82, 2.24) is 10.6 Å². The van der Waals surface area contributed by atoms with Crippen molar-refractivity contribution in [3.8, 4) is 0 Å². The van der Waals surface area contributed by atoms with Crippen LogP contribution in [0.3, 0.4) is 0 Å². The highest BCUT2D eigenvalue weighted by Gasteiger charge is 2.77. The van der Waals surface area contributed by atoms with Crippen molar-refractivity contribution in [2.45, 2.75) is 207 Å². The van der Waals surface area contributed by atoms with Gasteiger partial charge < -0.3 is 26.0 Å².